The predicted molar refractivity (Wildman–Crippen MR) is 69.2 cm³/mol. The second-order valence-corrected chi connectivity index (χ2v) is 4.79. The number of anilines is 1. The van der Waals surface area contributed by atoms with Crippen molar-refractivity contribution in [3.8, 4) is 0 Å². The minimum atomic E-state index is -0.841. The van der Waals surface area contributed by atoms with E-state index in [0.29, 0.717) is 17.2 Å². The van der Waals surface area contributed by atoms with Crippen molar-refractivity contribution in [3.63, 3.8) is 0 Å². The van der Waals surface area contributed by atoms with Gasteiger partial charge in [-0.1, -0.05) is 6.07 Å². The number of carbonyl (C=O) groups excluding carboxylic acids is 1. The standard InChI is InChI=1S/C12H14FNO3S/c13-9-2-1-3-10(8-9)14-11(15)4-6-18-7-5-12(16)17/h1-3,8H,4-7H2,(H,14,15)(H,16,17). The summed E-state index contributed by atoms with van der Waals surface area (Å²) >= 11 is 1.41. The molecule has 1 aromatic carbocycles. The molecule has 1 rings (SSSR count). The predicted octanol–water partition coefficient (Wildman–Crippen LogP) is 2.36. The van der Waals surface area contributed by atoms with Gasteiger partial charge in [-0.2, -0.15) is 11.8 Å². The highest BCUT2D eigenvalue weighted by molar-refractivity contribution is 7.99. The van der Waals surface area contributed by atoms with Crippen molar-refractivity contribution >= 4 is 29.3 Å². The van der Waals surface area contributed by atoms with Crippen LogP contribution in [-0.2, 0) is 9.59 Å². The van der Waals surface area contributed by atoms with Crippen LogP contribution < -0.4 is 5.32 Å². The fourth-order valence-electron chi connectivity index (χ4n) is 1.22. The summed E-state index contributed by atoms with van der Waals surface area (Å²) < 4.78 is 12.8. The maximum Gasteiger partial charge on any atom is 0.304 e. The van der Waals surface area contributed by atoms with Gasteiger partial charge in [0, 0.05) is 23.6 Å². The Morgan fingerprint density at radius 2 is 2.00 bits per heavy atom. The lowest BCUT2D eigenvalue weighted by molar-refractivity contribution is -0.136. The zero-order valence-corrected chi connectivity index (χ0v) is 10.5. The number of hydrogen-bond donors (Lipinski definition) is 2. The Morgan fingerprint density at radius 1 is 1.28 bits per heavy atom. The third-order valence-corrected chi connectivity index (χ3v) is 3.03. The van der Waals surface area contributed by atoms with Crippen LogP contribution in [0.2, 0.25) is 0 Å². The molecule has 0 aromatic heterocycles. The van der Waals surface area contributed by atoms with Crippen LogP contribution in [0.25, 0.3) is 0 Å². The normalized spacial score (nSPS) is 10.1. The van der Waals surface area contributed by atoms with Crippen LogP contribution in [0.15, 0.2) is 24.3 Å². The quantitative estimate of drug-likeness (QED) is 0.747. The lowest BCUT2D eigenvalue weighted by Crippen LogP contribution is -2.12. The smallest absolute Gasteiger partial charge is 0.304 e. The molecule has 0 radical (unpaired) electrons. The first-order valence-corrected chi connectivity index (χ1v) is 6.58. The number of hydrogen-bond acceptors (Lipinski definition) is 3. The number of halogens is 1. The molecule has 0 saturated heterocycles. The number of carboxylic acids is 1. The summed E-state index contributed by atoms with van der Waals surface area (Å²) in [6.07, 6.45) is 0.372. The van der Waals surface area contributed by atoms with E-state index in [1.807, 2.05) is 0 Å². The van der Waals surface area contributed by atoms with Crippen molar-refractivity contribution in [2.75, 3.05) is 16.8 Å². The molecule has 4 nitrogen and oxygen atoms in total. The molecule has 0 bridgehead atoms. The zero-order chi connectivity index (χ0) is 13.4. The van der Waals surface area contributed by atoms with Crippen LogP contribution in [0.5, 0.6) is 0 Å². The van der Waals surface area contributed by atoms with Gasteiger partial charge in [0.2, 0.25) is 5.91 Å². The van der Waals surface area contributed by atoms with E-state index in [1.54, 1.807) is 6.07 Å². The number of rotatable bonds is 7. The fourth-order valence-corrected chi connectivity index (χ4v) is 2.07. The van der Waals surface area contributed by atoms with Crippen LogP contribution in [0.4, 0.5) is 10.1 Å². The van der Waals surface area contributed by atoms with Crippen molar-refractivity contribution in [2.24, 2.45) is 0 Å². The number of nitrogens with one attached hydrogen (secondary N) is 1. The van der Waals surface area contributed by atoms with Gasteiger partial charge in [0.1, 0.15) is 5.82 Å². The molecule has 2 N–H and O–H groups in total. The lowest BCUT2D eigenvalue weighted by atomic mass is 10.3. The number of carbonyl (C=O) groups is 2. The Balaban J connectivity index is 2.20. The number of amides is 1. The minimum absolute atomic E-state index is 0.0934. The molecule has 0 heterocycles. The molecule has 18 heavy (non-hydrogen) atoms. The summed E-state index contributed by atoms with van der Waals surface area (Å²) in [4.78, 5) is 21.7. The van der Waals surface area contributed by atoms with E-state index >= 15 is 0 Å². The minimum Gasteiger partial charge on any atom is -0.481 e. The van der Waals surface area contributed by atoms with Crippen LogP contribution in [0.1, 0.15) is 12.8 Å². The zero-order valence-electron chi connectivity index (χ0n) is 9.69. The van der Waals surface area contributed by atoms with Crippen molar-refractivity contribution < 1.29 is 19.1 Å². The molecule has 0 atom stereocenters. The summed E-state index contributed by atoms with van der Waals surface area (Å²) in [6.45, 7) is 0. The molecule has 1 aromatic rings. The molecule has 0 saturated carbocycles. The molecule has 0 fully saturated rings. The van der Waals surface area contributed by atoms with E-state index in [9.17, 15) is 14.0 Å². The monoisotopic (exact) mass is 271 g/mol. The van der Waals surface area contributed by atoms with Crippen LogP contribution in [-0.4, -0.2) is 28.5 Å². The second-order valence-electron chi connectivity index (χ2n) is 3.56. The maximum absolute atomic E-state index is 12.8. The third-order valence-electron chi connectivity index (χ3n) is 2.04. The van der Waals surface area contributed by atoms with Gasteiger partial charge in [-0.25, -0.2) is 4.39 Å². The van der Waals surface area contributed by atoms with Gasteiger partial charge in [-0.15, -0.1) is 0 Å². The summed E-state index contributed by atoms with van der Waals surface area (Å²) in [7, 11) is 0. The van der Waals surface area contributed by atoms with Crippen LogP contribution in [0.3, 0.4) is 0 Å². The summed E-state index contributed by atoms with van der Waals surface area (Å²) in [5.41, 5.74) is 0.426. The molecule has 6 heteroatoms. The van der Waals surface area contributed by atoms with Crippen molar-refractivity contribution in [2.45, 2.75) is 12.8 Å². The number of aliphatic carboxylic acids is 1. The average molecular weight is 271 g/mol. The fraction of sp³-hybridized carbons (Fsp3) is 0.333. The second kappa shape index (κ2) is 7.71. The van der Waals surface area contributed by atoms with Gasteiger partial charge < -0.3 is 10.4 Å². The molecule has 0 aliphatic carbocycles. The molecule has 0 aliphatic heterocycles. The maximum atomic E-state index is 12.8. The van der Waals surface area contributed by atoms with Gasteiger partial charge in [-0.05, 0) is 18.2 Å². The van der Waals surface area contributed by atoms with E-state index in [-0.39, 0.29) is 18.7 Å². The molecule has 98 valence electrons. The highest BCUT2D eigenvalue weighted by Gasteiger charge is 2.03. The lowest BCUT2D eigenvalue weighted by Gasteiger charge is -2.04. The van der Waals surface area contributed by atoms with Gasteiger partial charge in [-0.3, -0.25) is 9.59 Å². The third kappa shape index (κ3) is 6.24. The summed E-state index contributed by atoms with van der Waals surface area (Å²) in [5.74, 6) is -0.407. The van der Waals surface area contributed by atoms with E-state index < -0.39 is 11.8 Å². The van der Waals surface area contributed by atoms with Crippen molar-refractivity contribution in [1.29, 1.82) is 0 Å². The van der Waals surface area contributed by atoms with Crippen LogP contribution >= 0.6 is 11.8 Å². The van der Waals surface area contributed by atoms with Gasteiger partial charge in [0.15, 0.2) is 0 Å². The van der Waals surface area contributed by atoms with E-state index in [4.69, 9.17) is 5.11 Å². The number of benzene rings is 1. The Bertz CT molecular complexity index is 426. The molecule has 0 unspecified atom stereocenters. The molecular weight excluding hydrogens is 257 g/mol. The van der Waals surface area contributed by atoms with Gasteiger partial charge >= 0.3 is 5.97 Å². The van der Waals surface area contributed by atoms with E-state index in [2.05, 4.69) is 5.32 Å². The first kappa shape index (κ1) is 14.5. The van der Waals surface area contributed by atoms with E-state index in [1.165, 1.54) is 30.0 Å². The SMILES string of the molecule is O=C(O)CCSCCC(=O)Nc1cccc(F)c1. The van der Waals surface area contributed by atoms with Gasteiger partial charge in [0.05, 0.1) is 6.42 Å². The topological polar surface area (TPSA) is 66.4 Å². The molecule has 0 spiro atoms. The first-order chi connectivity index (χ1) is 8.58. The van der Waals surface area contributed by atoms with Crippen molar-refractivity contribution in [3.05, 3.63) is 30.1 Å². The molecular formula is C12H14FNO3S. The number of carboxylic acid groups (broad SMARTS) is 1. The highest BCUT2D eigenvalue weighted by atomic mass is 32.2. The first-order valence-electron chi connectivity index (χ1n) is 5.43. The average Bonchev–Trinajstić information content (AvgIpc) is 2.28. The number of thioether (sulfide) groups is 1. The van der Waals surface area contributed by atoms with Crippen LogP contribution in [0, 0.1) is 5.82 Å². The largest absolute Gasteiger partial charge is 0.481 e. The summed E-state index contributed by atoms with van der Waals surface area (Å²) in [6, 6.07) is 5.68. The van der Waals surface area contributed by atoms with Crippen molar-refractivity contribution in [1.82, 2.24) is 0 Å². The molecule has 0 aliphatic rings. The van der Waals surface area contributed by atoms with Gasteiger partial charge in [0.25, 0.3) is 0 Å². The highest BCUT2D eigenvalue weighted by Crippen LogP contribution is 2.10. The Morgan fingerprint density at radius 3 is 2.67 bits per heavy atom. The van der Waals surface area contributed by atoms with E-state index in [0.717, 1.165) is 0 Å². The summed E-state index contributed by atoms with van der Waals surface area (Å²) in [5, 5.41) is 11.0. The Kier molecular flexibility index (Phi) is 6.21. The Labute approximate surface area is 109 Å². The molecule has 1 amide bonds. The Hall–Kier alpha value is -1.56.